The highest BCUT2D eigenvalue weighted by atomic mass is 35.5. The molecule has 1 heterocycles. The van der Waals surface area contributed by atoms with E-state index in [0.29, 0.717) is 23.0 Å². The van der Waals surface area contributed by atoms with Gasteiger partial charge in [-0.2, -0.15) is 0 Å². The molecule has 26 heavy (non-hydrogen) atoms. The third-order valence-corrected chi connectivity index (χ3v) is 4.24. The van der Waals surface area contributed by atoms with Gasteiger partial charge in [0.2, 0.25) is 5.89 Å². The molecule has 1 N–H and O–H groups in total. The van der Waals surface area contributed by atoms with Crippen LogP contribution >= 0.6 is 11.6 Å². The molecule has 3 aromatic rings. The third kappa shape index (κ3) is 4.50. The Balaban J connectivity index is 1.60. The van der Waals surface area contributed by atoms with Gasteiger partial charge in [-0.15, -0.1) is 0 Å². The van der Waals surface area contributed by atoms with Crippen molar-refractivity contribution in [2.75, 3.05) is 14.1 Å². The summed E-state index contributed by atoms with van der Waals surface area (Å²) < 4.78 is 5.83. The molecule has 1 amide bonds. The first kappa shape index (κ1) is 18.2. The highest BCUT2D eigenvalue weighted by molar-refractivity contribution is 6.30. The van der Waals surface area contributed by atoms with Crippen molar-refractivity contribution < 1.29 is 9.21 Å². The summed E-state index contributed by atoms with van der Waals surface area (Å²) in [5, 5.41) is 3.31. The number of halogens is 1. The molecule has 134 valence electrons. The van der Waals surface area contributed by atoms with E-state index in [-0.39, 0.29) is 5.91 Å². The van der Waals surface area contributed by atoms with E-state index in [2.05, 4.69) is 15.2 Å². The second-order valence-corrected chi connectivity index (χ2v) is 6.51. The predicted octanol–water partition coefficient (Wildman–Crippen LogP) is 3.99. The van der Waals surface area contributed by atoms with E-state index >= 15 is 0 Å². The molecule has 0 saturated carbocycles. The zero-order valence-electron chi connectivity index (χ0n) is 14.7. The number of amides is 1. The van der Waals surface area contributed by atoms with Crippen molar-refractivity contribution in [3.05, 3.63) is 76.8 Å². The summed E-state index contributed by atoms with van der Waals surface area (Å²) in [6.45, 7) is 1.32. The van der Waals surface area contributed by atoms with Crippen LogP contribution in [0.4, 0.5) is 0 Å². The molecule has 2 aromatic carbocycles. The molecule has 0 fully saturated rings. The Morgan fingerprint density at radius 3 is 2.46 bits per heavy atom. The van der Waals surface area contributed by atoms with Crippen LogP contribution in [0.1, 0.15) is 21.8 Å². The molecule has 0 saturated heterocycles. The van der Waals surface area contributed by atoms with Crippen molar-refractivity contribution in [1.29, 1.82) is 0 Å². The normalized spacial score (nSPS) is 10.9. The van der Waals surface area contributed by atoms with E-state index in [1.54, 1.807) is 13.2 Å². The Hall–Kier alpha value is -2.63. The van der Waals surface area contributed by atoms with Gasteiger partial charge in [-0.3, -0.25) is 9.69 Å². The Labute approximate surface area is 157 Å². The van der Waals surface area contributed by atoms with Crippen LogP contribution in [0.15, 0.2) is 59.1 Å². The van der Waals surface area contributed by atoms with Crippen LogP contribution in [0.25, 0.3) is 11.3 Å². The van der Waals surface area contributed by atoms with E-state index in [0.717, 1.165) is 23.4 Å². The van der Waals surface area contributed by atoms with Crippen molar-refractivity contribution in [3.8, 4) is 11.3 Å². The second kappa shape index (κ2) is 8.17. The number of rotatable bonds is 6. The lowest BCUT2D eigenvalue weighted by Crippen LogP contribution is -2.19. The number of nitrogens with one attached hydrogen (secondary N) is 1. The van der Waals surface area contributed by atoms with Gasteiger partial charge in [0, 0.05) is 29.7 Å². The van der Waals surface area contributed by atoms with Crippen molar-refractivity contribution in [3.63, 3.8) is 0 Å². The minimum absolute atomic E-state index is 0.0839. The van der Waals surface area contributed by atoms with Gasteiger partial charge in [-0.05, 0) is 49.0 Å². The van der Waals surface area contributed by atoms with E-state index in [9.17, 15) is 4.79 Å². The summed E-state index contributed by atoms with van der Waals surface area (Å²) in [6.07, 6.45) is 1.73. The average Bonchev–Trinajstić information content (AvgIpc) is 3.10. The maximum absolute atomic E-state index is 11.6. The van der Waals surface area contributed by atoms with Gasteiger partial charge in [0.15, 0.2) is 5.76 Å². The summed E-state index contributed by atoms with van der Waals surface area (Å²) in [6, 6.07) is 15.0. The summed E-state index contributed by atoms with van der Waals surface area (Å²) in [5.41, 5.74) is 2.71. The maximum atomic E-state index is 11.6. The van der Waals surface area contributed by atoms with E-state index < -0.39 is 0 Å². The molecule has 0 aliphatic rings. The third-order valence-electron chi connectivity index (χ3n) is 3.98. The first-order valence-electron chi connectivity index (χ1n) is 8.25. The number of oxazole rings is 1. The molecule has 0 spiro atoms. The molecular weight excluding hydrogens is 350 g/mol. The van der Waals surface area contributed by atoms with Gasteiger partial charge in [-0.25, -0.2) is 4.98 Å². The average molecular weight is 370 g/mol. The van der Waals surface area contributed by atoms with Gasteiger partial charge < -0.3 is 9.73 Å². The molecule has 0 unspecified atom stereocenters. The number of hydrogen-bond acceptors (Lipinski definition) is 4. The Morgan fingerprint density at radius 1 is 1.12 bits per heavy atom. The molecule has 0 aliphatic heterocycles. The first-order valence-corrected chi connectivity index (χ1v) is 8.63. The second-order valence-electron chi connectivity index (χ2n) is 6.07. The summed E-state index contributed by atoms with van der Waals surface area (Å²) in [5.74, 6) is 1.29. The summed E-state index contributed by atoms with van der Waals surface area (Å²) in [4.78, 5) is 18.0. The first-order chi connectivity index (χ1) is 12.5. The fourth-order valence-corrected chi connectivity index (χ4v) is 2.76. The van der Waals surface area contributed by atoms with Crippen LogP contribution in [0, 0.1) is 0 Å². The fourth-order valence-electron chi connectivity index (χ4n) is 2.64. The number of hydrogen-bond donors (Lipinski definition) is 1. The maximum Gasteiger partial charge on any atom is 0.251 e. The van der Waals surface area contributed by atoms with Crippen LogP contribution in [-0.2, 0) is 13.1 Å². The van der Waals surface area contributed by atoms with E-state index in [1.807, 2.05) is 55.6 Å². The Kier molecular flexibility index (Phi) is 5.71. The Morgan fingerprint density at radius 2 is 1.81 bits per heavy atom. The van der Waals surface area contributed by atoms with Crippen LogP contribution in [-0.4, -0.2) is 29.9 Å². The molecule has 3 rings (SSSR count). The Bertz CT molecular complexity index is 873. The monoisotopic (exact) mass is 369 g/mol. The molecule has 1 aromatic heterocycles. The number of aromatic nitrogens is 1. The topological polar surface area (TPSA) is 58.4 Å². The minimum atomic E-state index is -0.0839. The SMILES string of the molecule is CNC(=O)c1ccc(CN(C)Cc2ncc(-c3ccc(Cl)cc3)o2)cc1. The summed E-state index contributed by atoms with van der Waals surface area (Å²) >= 11 is 5.91. The lowest BCUT2D eigenvalue weighted by molar-refractivity contribution is 0.0963. The number of carbonyl (C=O) groups excluding carboxylic acids is 1. The highest BCUT2D eigenvalue weighted by Crippen LogP contribution is 2.22. The molecule has 6 heteroatoms. The lowest BCUT2D eigenvalue weighted by Gasteiger charge is -2.14. The van der Waals surface area contributed by atoms with Crippen LogP contribution < -0.4 is 5.32 Å². The van der Waals surface area contributed by atoms with Crippen molar-refractivity contribution in [2.45, 2.75) is 13.1 Å². The predicted molar refractivity (Wildman–Crippen MR) is 102 cm³/mol. The fraction of sp³-hybridized carbons (Fsp3) is 0.200. The van der Waals surface area contributed by atoms with Gasteiger partial charge in [0.1, 0.15) is 0 Å². The quantitative estimate of drug-likeness (QED) is 0.713. The van der Waals surface area contributed by atoms with Crippen LogP contribution in [0.2, 0.25) is 5.02 Å². The number of nitrogens with zero attached hydrogens (tertiary/aromatic N) is 2. The van der Waals surface area contributed by atoms with E-state index in [1.165, 1.54) is 0 Å². The molecular formula is C20H20ClN3O2. The van der Waals surface area contributed by atoms with Crippen molar-refractivity contribution in [2.24, 2.45) is 0 Å². The van der Waals surface area contributed by atoms with Crippen LogP contribution in [0.5, 0.6) is 0 Å². The number of carbonyl (C=O) groups is 1. The van der Waals surface area contributed by atoms with Gasteiger partial charge in [0.05, 0.1) is 12.7 Å². The smallest absolute Gasteiger partial charge is 0.251 e. The standard InChI is InChI=1S/C20H20ClN3O2/c1-22-20(25)16-5-3-14(4-6-16)12-24(2)13-19-23-11-18(26-19)15-7-9-17(21)10-8-15/h3-11H,12-13H2,1-2H3,(H,22,25). The van der Waals surface area contributed by atoms with Crippen molar-refractivity contribution >= 4 is 17.5 Å². The number of benzene rings is 2. The molecule has 0 bridgehead atoms. The van der Waals surface area contributed by atoms with Gasteiger partial charge >= 0.3 is 0 Å². The van der Waals surface area contributed by atoms with Crippen molar-refractivity contribution in [1.82, 2.24) is 15.2 Å². The van der Waals surface area contributed by atoms with Crippen LogP contribution in [0.3, 0.4) is 0 Å². The molecule has 0 radical (unpaired) electrons. The largest absolute Gasteiger partial charge is 0.439 e. The minimum Gasteiger partial charge on any atom is -0.439 e. The molecule has 5 nitrogen and oxygen atoms in total. The van der Waals surface area contributed by atoms with Gasteiger partial charge in [-0.1, -0.05) is 23.7 Å². The zero-order chi connectivity index (χ0) is 18.5. The molecule has 0 aliphatic carbocycles. The highest BCUT2D eigenvalue weighted by Gasteiger charge is 2.10. The van der Waals surface area contributed by atoms with E-state index in [4.69, 9.17) is 16.0 Å². The summed E-state index contributed by atoms with van der Waals surface area (Å²) in [7, 11) is 3.62. The zero-order valence-corrected chi connectivity index (χ0v) is 15.5. The van der Waals surface area contributed by atoms with Gasteiger partial charge in [0.25, 0.3) is 5.91 Å². The lowest BCUT2D eigenvalue weighted by atomic mass is 10.1. The molecule has 0 atom stereocenters.